The van der Waals surface area contributed by atoms with Crippen LogP contribution < -0.4 is 0 Å². The number of carbonyl (C=O) groups excluding carboxylic acids is 2. The number of thioether (sulfide) groups is 1. The number of hydrogen-bond donors (Lipinski definition) is 1. The monoisotopic (exact) mass is 728 g/mol. The Morgan fingerprint density at radius 2 is 0.960 bits per heavy atom. The first-order valence-electron chi connectivity index (χ1n) is 21.8. The highest BCUT2D eigenvalue weighted by molar-refractivity contribution is 7.99. The van der Waals surface area contributed by atoms with Gasteiger partial charge in [0.15, 0.2) is 0 Å². The number of nitrogens with zero attached hydrogens (tertiary/aromatic N) is 1. The Labute approximate surface area is 315 Å². The van der Waals surface area contributed by atoms with Gasteiger partial charge in [-0.05, 0) is 76.6 Å². The molecule has 298 valence electrons. The van der Waals surface area contributed by atoms with Crippen LogP contribution in [0.4, 0.5) is 0 Å². The predicted octanol–water partition coefficient (Wildman–Crippen LogP) is 12.2. The van der Waals surface area contributed by atoms with E-state index in [2.05, 4.69) is 25.7 Å². The molecule has 0 aliphatic heterocycles. The second-order valence-electron chi connectivity index (χ2n) is 14.7. The Morgan fingerprint density at radius 3 is 1.48 bits per heavy atom. The quantitative estimate of drug-likeness (QED) is 0.0496. The predicted molar refractivity (Wildman–Crippen MR) is 217 cm³/mol. The zero-order valence-corrected chi connectivity index (χ0v) is 34.5. The molecule has 0 amide bonds. The molecule has 50 heavy (non-hydrogen) atoms. The van der Waals surface area contributed by atoms with E-state index in [0.717, 1.165) is 96.0 Å². The molecule has 0 spiro atoms. The highest BCUT2D eigenvalue weighted by Crippen LogP contribution is 2.18. The highest BCUT2D eigenvalue weighted by Gasteiger charge is 2.14. The van der Waals surface area contributed by atoms with Crippen LogP contribution in [0.5, 0.6) is 0 Å². The minimum atomic E-state index is -0.0523. The smallest absolute Gasteiger partial charge is 0.306 e. The number of aliphatic hydroxyl groups excluding tert-OH is 1. The Balaban J connectivity index is 3.95. The van der Waals surface area contributed by atoms with Gasteiger partial charge in [-0.3, -0.25) is 9.59 Å². The van der Waals surface area contributed by atoms with Crippen LogP contribution >= 0.6 is 11.8 Å². The Bertz CT molecular complexity index is 693. The van der Waals surface area contributed by atoms with Gasteiger partial charge in [0, 0.05) is 25.1 Å². The molecule has 0 fully saturated rings. The van der Waals surface area contributed by atoms with Gasteiger partial charge in [0.2, 0.25) is 0 Å². The molecule has 0 radical (unpaired) electrons. The maximum Gasteiger partial charge on any atom is 0.306 e. The Hall–Kier alpha value is -0.790. The minimum Gasteiger partial charge on any atom is -0.465 e. The first-order chi connectivity index (χ1) is 24.6. The van der Waals surface area contributed by atoms with Gasteiger partial charge >= 0.3 is 11.9 Å². The molecule has 6 nitrogen and oxygen atoms in total. The SMILES string of the molecule is CCCCCCCCC(CCCCCCCC)OC(=O)CCCCCCCN(CCO)CCCCCCC(=O)OCCSCCCCCCC. The normalized spacial score (nSPS) is 11.6. The number of unbranched alkanes of at least 4 members (excludes halogenated alkanes) is 21. The number of hydrogen-bond acceptors (Lipinski definition) is 7. The van der Waals surface area contributed by atoms with E-state index < -0.39 is 0 Å². The Kier molecular flexibility index (Phi) is 40.3. The molecule has 0 saturated carbocycles. The van der Waals surface area contributed by atoms with Crippen LogP contribution in [-0.4, -0.2) is 72.4 Å². The minimum absolute atomic E-state index is 0.0101. The summed E-state index contributed by atoms with van der Waals surface area (Å²) in [5.41, 5.74) is 0. The first-order valence-corrected chi connectivity index (χ1v) is 23.0. The molecular formula is C43H85NO5S. The molecule has 0 saturated heterocycles. The summed E-state index contributed by atoms with van der Waals surface area (Å²) in [5, 5.41) is 9.53. The molecule has 0 aliphatic carbocycles. The topological polar surface area (TPSA) is 76.1 Å². The maximum absolute atomic E-state index is 12.7. The van der Waals surface area contributed by atoms with Gasteiger partial charge in [-0.1, -0.05) is 143 Å². The molecular weight excluding hydrogens is 643 g/mol. The van der Waals surface area contributed by atoms with E-state index >= 15 is 0 Å². The van der Waals surface area contributed by atoms with Gasteiger partial charge < -0.3 is 19.5 Å². The van der Waals surface area contributed by atoms with Crippen molar-refractivity contribution < 1.29 is 24.2 Å². The molecule has 0 bridgehead atoms. The third-order valence-corrected chi connectivity index (χ3v) is 10.8. The van der Waals surface area contributed by atoms with Gasteiger partial charge in [0.1, 0.15) is 12.7 Å². The fourth-order valence-electron chi connectivity index (χ4n) is 6.58. The zero-order valence-electron chi connectivity index (χ0n) is 33.7. The first kappa shape index (κ1) is 49.2. The van der Waals surface area contributed by atoms with E-state index in [4.69, 9.17) is 9.47 Å². The fourth-order valence-corrected chi connectivity index (χ4v) is 7.39. The van der Waals surface area contributed by atoms with Gasteiger partial charge in [0.05, 0.1) is 6.61 Å². The summed E-state index contributed by atoms with van der Waals surface area (Å²) in [6.45, 7) is 10.3. The molecule has 0 aliphatic rings. The summed E-state index contributed by atoms with van der Waals surface area (Å²) in [6, 6.07) is 0. The van der Waals surface area contributed by atoms with Crippen molar-refractivity contribution in [3.05, 3.63) is 0 Å². The molecule has 0 rings (SSSR count). The average molecular weight is 728 g/mol. The standard InChI is InChI=1S/C43H85NO5S/c1-4-7-10-13-16-23-30-41(31-24-17-14-11-8-5-2)49-43(47)33-26-18-15-20-27-34-44(36-37-45)35-28-21-19-25-32-42(46)48-38-40-50-39-29-22-12-9-6-3/h41,45H,4-40H2,1-3H3. The lowest BCUT2D eigenvalue weighted by Crippen LogP contribution is -2.29. The maximum atomic E-state index is 12.7. The number of esters is 2. The summed E-state index contributed by atoms with van der Waals surface area (Å²) < 4.78 is 11.4. The zero-order chi connectivity index (χ0) is 36.6. The largest absolute Gasteiger partial charge is 0.465 e. The number of aliphatic hydroxyl groups is 1. The van der Waals surface area contributed by atoms with E-state index in [1.165, 1.54) is 115 Å². The van der Waals surface area contributed by atoms with Crippen LogP contribution in [0.1, 0.15) is 213 Å². The average Bonchev–Trinajstić information content (AvgIpc) is 3.11. The summed E-state index contributed by atoms with van der Waals surface area (Å²) in [5.74, 6) is 2.04. The van der Waals surface area contributed by atoms with Crippen LogP contribution in [-0.2, 0) is 19.1 Å². The van der Waals surface area contributed by atoms with Gasteiger partial charge in [0.25, 0.3) is 0 Å². The number of rotatable bonds is 41. The lowest BCUT2D eigenvalue weighted by molar-refractivity contribution is -0.150. The van der Waals surface area contributed by atoms with E-state index in [0.29, 0.717) is 19.4 Å². The fraction of sp³-hybridized carbons (Fsp3) is 0.953. The van der Waals surface area contributed by atoms with Crippen LogP contribution in [0, 0.1) is 0 Å². The molecule has 0 aromatic rings. The molecule has 0 atom stereocenters. The lowest BCUT2D eigenvalue weighted by Gasteiger charge is -2.21. The molecule has 0 aromatic heterocycles. The van der Waals surface area contributed by atoms with Gasteiger partial charge in [-0.2, -0.15) is 11.8 Å². The van der Waals surface area contributed by atoms with Crippen LogP contribution in [0.3, 0.4) is 0 Å². The third-order valence-electron chi connectivity index (χ3n) is 9.82. The molecule has 0 aromatic carbocycles. The molecule has 0 unspecified atom stereocenters. The summed E-state index contributed by atoms with van der Waals surface area (Å²) in [7, 11) is 0. The Morgan fingerprint density at radius 1 is 0.520 bits per heavy atom. The highest BCUT2D eigenvalue weighted by atomic mass is 32.2. The molecule has 1 N–H and O–H groups in total. The van der Waals surface area contributed by atoms with Crippen LogP contribution in [0.2, 0.25) is 0 Å². The summed E-state index contributed by atoms with van der Waals surface area (Å²) in [4.78, 5) is 27.1. The van der Waals surface area contributed by atoms with Crippen LogP contribution in [0.15, 0.2) is 0 Å². The summed E-state index contributed by atoms with van der Waals surface area (Å²) >= 11 is 1.90. The second kappa shape index (κ2) is 41.0. The second-order valence-corrected chi connectivity index (χ2v) is 15.9. The van der Waals surface area contributed by atoms with Crippen molar-refractivity contribution in [2.75, 3.05) is 44.4 Å². The summed E-state index contributed by atoms with van der Waals surface area (Å²) in [6.07, 6.45) is 34.8. The van der Waals surface area contributed by atoms with Crippen molar-refractivity contribution >= 4 is 23.7 Å². The number of carbonyl (C=O) groups is 2. The third kappa shape index (κ3) is 37.0. The van der Waals surface area contributed by atoms with Crippen molar-refractivity contribution in [1.29, 1.82) is 0 Å². The van der Waals surface area contributed by atoms with E-state index in [1.54, 1.807) is 0 Å². The number of ether oxygens (including phenoxy) is 2. The van der Waals surface area contributed by atoms with Crippen molar-refractivity contribution in [1.82, 2.24) is 4.90 Å². The molecule has 0 heterocycles. The lowest BCUT2D eigenvalue weighted by atomic mass is 10.0. The van der Waals surface area contributed by atoms with E-state index in [9.17, 15) is 14.7 Å². The van der Waals surface area contributed by atoms with Crippen molar-refractivity contribution in [2.24, 2.45) is 0 Å². The molecule has 7 heteroatoms. The van der Waals surface area contributed by atoms with Gasteiger partial charge in [-0.25, -0.2) is 0 Å². The van der Waals surface area contributed by atoms with E-state index in [1.807, 2.05) is 11.8 Å². The van der Waals surface area contributed by atoms with Gasteiger partial charge in [-0.15, -0.1) is 0 Å². The van der Waals surface area contributed by atoms with Crippen molar-refractivity contribution in [3.63, 3.8) is 0 Å². The van der Waals surface area contributed by atoms with Crippen molar-refractivity contribution in [3.8, 4) is 0 Å². The van der Waals surface area contributed by atoms with Crippen LogP contribution in [0.25, 0.3) is 0 Å². The van der Waals surface area contributed by atoms with Crippen molar-refractivity contribution in [2.45, 2.75) is 219 Å². The van der Waals surface area contributed by atoms with E-state index in [-0.39, 0.29) is 24.6 Å².